The molecule has 2 N–H and O–H groups in total. The molecule has 2 aromatic rings. The van der Waals surface area contributed by atoms with Crippen molar-refractivity contribution in [2.24, 2.45) is 5.73 Å². The highest BCUT2D eigenvalue weighted by Gasteiger charge is 2.02. The van der Waals surface area contributed by atoms with Gasteiger partial charge in [0.05, 0.1) is 4.99 Å². The Morgan fingerprint density at radius 2 is 1.87 bits per heavy atom. The lowest BCUT2D eigenvalue weighted by atomic mass is 10.2. The first-order valence-electron chi connectivity index (χ1n) is 4.68. The van der Waals surface area contributed by atoms with Crippen molar-refractivity contribution in [3.63, 3.8) is 0 Å². The van der Waals surface area contributed by atoms with Crippen LogP contribution >= 0.6 is 23.6 Å². The molecule has 0 radical (unpaired) electrons. The fourth-order valence-electron chi connectivity index (χ4n) is 1.40. The van der Waals surface area contributed by atoms with Crippen molar-refractivity contribution in [1.29, 1.82) is 0 Å². The molecule has 1 aromatic heterocycles. The van der Waals surface area contributed by atoms with Gasteiger partial charge in [0.15, 0.2) is 0 Å². The Bertz CT molecular complexity index is 459. The summed E-state index contributed by atoms with van der Waals surface area (Å²) in [7, 11) is 0. The van der Waals surface area contributed by atoms with Crippen LogP contribution in [-0.4, -0.2) is 4.99 Å². The first-order chi connectivity index (χ1) is 7.25. The third-order valence-electron chi connectivity index (χ3n) is 2.07. The third kappa shape index (κ3) is 2.64. The lowest BCUT2D eigenvalue weighted by molar-refractivity contribution is 1.41. The van der Waals surface area contributed by atoms with Crippen LogP contribution in [0.5, 0.6) is 0 Å². The summed E-state index contributed by atoms with van der Waals surface area (Å²) in [5, 5.41) is 0. The van der Waals surface area contributed by atoms with Crippen LogP contribution in [0.25, 0.3) is 10.4 Å². The molecule has 3 heteroatoms. The summed E-state index contributed by atoms with van der Waals surface area (Å²) in [6.07, 6.45) is 0.701. The van der Waals surface area contributed by atoms with E-state index in [0.717, 1.165) is 0 Å². The van der Waals surface area contributed by atoms with Gasteiger partial charge in [0.25, 0.3) is 0 Å². The van der Waals surface area contributed by atoms with E-state index in [-0.39, 0.29) is 0 Å². The van der Waals surface area contributed by atoms with Gasteiger partial charge in [-0.05, 0) is 17.7 Å². The van der Waals surface area contributed by atoms with Crippen LogP contribution in [0.4, 0.5) is 0 Å². The molecule has 1 heterocycles. The van der Waals surface area contributed by atoms with E-state index in [1.54, 1.807) is 11.3 Å². The molecule has 0 saturated carbocycles. The lowest BCUT2D eigenvalue weighted by Crippen LogP contribution is -2.09. The van der Waals surface area contributed by atoms with Crippen LogP contribution in [0, 0.1) is 0 Å². The van der Waals surface area contributed by atoms with E-state index < -0.39 is 0 Å². The number of hydrogen-bond acceptors (Lipinski definition) is 2. The Hall–Kier alpha value is -1.19. The van der Waals surface area contributed by atoms with Gasteiger partial charge in [-0.15, -0.1) is 11.3 Å². The Morgan fingerprint density at radius 1 is 1.13 bits per heavy atom. The average molecular weight is 233 g/mol. The molecule has 0 amide bonds. The number of thiocarbonyl (C=S) groups is 1. The maximum Gasteiger partial charge on any atom is 0.0780 e. The molecule has 0 aliphatic rings. The van der Waals surface area contributed by atoms with E-state index in [9.17, 15) is 0 Å². The van der Waals surface area contributed by atoms with Gasteiger partial charge in [0.2, 0.25) is 0 Å². The van der Waals surface area contributed by atoms with Crippen molar-refractivity contribution in [3.05, 3.63) is 47.3 Å². The molecule has 76 valence electrons. The quantitative estimate of drug-likeness (QED) is 0.824. The summed E-state index contributed by atoms with van der Waals surface area (Å²) >= 11 is 6.63. The smallest absolute Gasteiger partial charge is 0.0780 e. The molecule has 1 nitrogen and oxygen atoms in total. The standard InChI is InChI=1S/C12H11NS2/c13-12(14)8-10-6-7-11(15-10)9-4-2-1-3-5-9/h1-7H,8H2,(H2,13,14). The van der Waals surface area contributed by atoms with Gasteiger partial charge in [-0.2, -0.15) is 0 Å². The molecule has 0 atom stereocenters. The van der Waals surface area contributed by atoms with Crippen LogP contribution in [0.15, 0.2) is 42.5 Å². The summed E-state index contributed by atoms with van der Waals surface area (Å²) in [5.74, 6) is 0. The van der Waals surface area contributed by atoms with Crippen molar-refractivity contribution >= 4 is 28.5 Å². The average Bonchev–Trinajstić information content (AvgIpc) is 2.67. The molecule has 2 rings (SSSR count). The zero-order valence-corrected chi connectivity index (χ0v) is 9.78. The van der Waals surface area contributed by atoms with Gasteiger partial charge in [-0.25, -0.2) is 0 Å². The monoisotopic (exact) mass is 233 g/mol. The number of nitrogens with two attached hydrogens (primary N) is 1. The Balaban J connectivity index is 2.24. The van der Waals surface area contributed by atoms with Crippen molar-refractivity contribution in [3.8, 4) is 10.4 Å². The van der Waals surface area contributed by atoms with E-state index in [1.165, 1.54) is 15.3 Å². The Labute approximate surface area is 98.6 Å². The minimum absolute atomic E-state index is 0.552. The van der Waals surface area contributed by atoms with Crippen molar-refractivity contribution in [2.45, 2.75) is 6.42 Å². The van der Waals surface area contributed by atoms with Gasteiger partial charge in [0.1, 0.15) is 0 Å². The summed E-state index contributed by atoms with van der Waals surface area (Å²) in [6.45, 7) is 0. The highest BCUT2D eigenvalue weighted by atomic mass is 32.1. The van der Waals surface area contributed by atoms with Crippen LogP contribution in [-0.2, 0) is 6.42 Å². The second kappa shape index (κ2) is 4.55. The molecular weight excluding hydrogens is 222 g/mol. The van der Waals surface area contributed by atoms with Crippen LogP contribution in [0.3, 0.4) is 0 Å². The summed E-state index contributed by atoms with van der Waals surface area (Å²) in [6, 6.07) is 14.5. The van der Waals surface area contributed by atoms with E-state index in [0.29, 0.717) is 11.4 Å². The summed E-state index contributed by atoms with van der Waals surface area (Å²) in [4.78, 5) is 3.04. The van der Waals surface area contributed by atoms with Gasteiger partial charge in [-0.3, -0.25) is 0 Å². The molecule has 1 aromatic carbocycles. The zero-order valence-electron chi connectivity index (χ0n) is 8.14. The molecule has 0 fully saturated rings. The van der Waals surface area contributed by atoms with Crippen molar-refractivity contribution in [2.75, 3.05) is 0 Å². The predicted molar refractivity (Wildman–Crippen MR) is 70.2 cm³/mol. The van der Waals surface area contributed by atoms with Gasteiger partial charge < -0.3 is 5.73 Å². The zero-order chi connectivity index (χ0) is 10.7. The number of hydrogen-bond donors (Lipinski definition) is 1. The fourth-order valence-corrected chi connectivity index (χ4v) is 2.69. The maximum absolute atomic E-state index is 5.51. The third-order valence-corrected chi connectivity index (χ3v) is 3.35. The number of rotatable bonds is 3. The predicted octanol–water partition coefficient (Wildman–Crippen LogP) is 3.24. The fraction of sp³-hybridized carbons (Fsp3) is 0.0833. The second-order valence-corrected chi connectivity index (χ2v) is 4.97. The summed E-state index contributed by atoms with van der Waals surface area (Å²) in [5.41, 5.74) is 6.76. The van der Waals surface area contributed by atoms with E-state index >= 15 is 0 Å². The highest BCUT2D eigenvalue weighted by Crippen LogP contribution is 2.27. The maximum atomic E-state index is 5.51. The Morgan fingerprint density at radius 3 is 2.53 bits per heavy atom. The SMILES string of the molecule is NC(=S)Cc1ccc(-c2ccccc2)s1. The number of thiophene rings is 1. The van der Waals surface area contributed by atoms with E-state index in [2.05, 4.69) is 24.3 Å². The first kappa shape index (κ1) is 10.3. The molecule has 0 saturated heterocycles. The molecule has 0 aliphatic heterocycles. The van der Waals surface area contributed by atoms with Crippen molar-refractivity contribution < 1.29 is 0 Å². The minimum atomic E-state index is 0.552. The largest absolute Gasteiger partial charge is 0.393 e. The Kier molecular flexibility index (Phi) is 3.14. The van der Waals surface area contributed by atoms with Gasteiger partial charge in [0, 0.05) is 16.2 Å². The van der Waals surface area contributed by atoms with E-state index in [4.69, 9.17) is 18.0 Å². The van der Waals surface area contributed by atoms with Crippen molar-refractivity contribution in [1.82, 2.24) is 0 Å². The van der Waals surface area contributed by atoms with E-state index in [1.807, 2.05) is 18.2 Å². The molecule has 0 unspecified atom stereocenters. The topological polar surface area (TPSA) is 26.0 Å². The van der Waals surface area contributed by atoms with Gasteiger partial charge in [-0.1, -0.05) is 42.5 Å². The first-order valence-corrected chi connectivity index (χ1v) is 5.90. The normalized spacial score (nSPS) is 10.1. The van der Waals surface area contributed by atoms with Gasteiger partial charge >= 0.3 is 0 Å². The van der Waals surface area contributed by atoms with Crippen LogP contribution < -0.4 is 5.73 Å². The molecule has 0 spiro atoms. The second-order valence-electron chi connectivity index (χ2n) is 3.28. The van der Waals surface area contributed by atoms with Crippen LogP contribution in [0.1, 0.15) is 4.88 Å². The molecular formula is C12H11NS2. The highest BCUT2D eigenvalue weighted by molar-refractivity contribution is 7.80. The lowest BCUT2D eigenvalue weighted by Gasteiger charge is -1.95. The summed E-state index contributed by atoms with van der Waals surface area (Å²) < 4.78 is 0. The number of benzene rings is 1. The molecule has 15 heavy (non-hydrogen) atoms. The molecule has 0 bridgehead atoms. The molecule has 0 aliphatic carbocycles. The minimum Gasteiger partial charge on any atom is -0.393 e. The van der Waals surface area contributed by atoms with Crippen LogP contribution in [0.2, 0.25) is 0 Å².